The Bertz CT molecular complexity index is 733. The average Bonchev–Trinajstić information content (AvgIpc) is 2.37. The van der Waals surface area contributed by atoms with Crippen LogP contribution in [0.15, 0.2) is 47.4 Å². The molecule has 0 radical (unpaired) electrons. The van der Waals surface area contributed by atoms with Crippen molar-refractivity contribution in [2.45, 2.75) is 11.4 Å². The van der Waals surface area contributed by atoms with Gasteiger partial charge in [-0.05, 0) is 24.3 Å². The first-order valence-corrected chi connectivity index (χ1v) is 7.21. The first-order valence-electron chi connectivity index (χ1n) is 5.67. The minimum absolute atomic E-state index is 0.0397. The predicted molar refractivity (Wildman–Crippen MR) is 71.5 cm³/mol. The molecule has 0 saturated carbocycles. The molecule has 0 heterocycles. The lowest BCUT2D eigenvalue weighted by atomic mass is 10.2. The Kier molecular flexibility index (Phi) is 4.01. The van der Waals surface area contributed by atoms with Gasteiger partial charge in [0.05, 0.1) is 4.90 Å². The summed E-state index contributed by atoms with van der Waals surface area (Å²) in [6, 6.07) is 9.11. The van der Waals surface area contributed by atoms with Crippen molar-refractivity contribution in [2.24, 2.45) is 5.14 Å². The highest BCUT2D eigenvalue weighted by molar-refractivity contribution is 7.89. The van der Waals surface area contributed by atoms with Crippen LogP contribution in [-0.4, -0.2) is 8.42 Å². The van der Waals surface area contributed by atoms with E-state index in [-0.39, 0.29) is 17.0 Å². The highest BCUT2D eigenvalue weighted by atomic mass is 32.2. The lowest BCUT2D eigenvalue weighted by Gasteiger charge is -2.08. The molecule has 0 aliphatic heterocycles. The molecule has 0 atom stereocenters. The van der Waals surface area contributed by atoms with Crippen LogP contribution in [0.4, 0.5) is 14.5 Å². The zero-order valence-corrected chi connectivity index (χ0v) is 11.1. The fourth-order valence-electron chi connectivity index (χ4n) is 1.65. The summed E-state index contributed by atoms with van der Waals surface area (Å²) in [6.45, 7) is 0.0974. The first kappa shape index (κ1) is 14.4. The van der Waals surface area contributed by atoms with E-state index in [1.807, 2.05) is 0 Å². The summed E-state index contributed by atoms with van der Waals surface area (Å²) in [5.74, 6) is -1.32. The number of sulfonamides is 1. The fourth-order valence-corrected chi connectivity index (χ4v) is 2.20. The highest BCUT2D eigenvalue weighted by Gasteiger charge is 2.08. The number of nitrogens with two attached hydrogens (primary N) is 1. The van der Waals surface area contributed by atoms with Crippen molar-refractivity contribution in [2.75, 3.05) is 5.32 Å². The van der Waals surface area contributed by atoms with Gasteiger partial charge in [0.2, 0.25) is 10.0 Å². The Morgan fingerprint density at radius 2 is 1.85 bits per heavy atom. The quantitative estimate of drug-likeness (QED) is 0.909. The second-order valence-electron chi connectivity index (χ2n) is 4.16. The molecule has 0 bridgehead atoms. The van der Waals surface area contributed by atoms with E-state index in [4.69, 9.17) is 5.14 Å². The molecule has 0 amide bonds. The summed E-state index contributed by atoms with van der Waals surface area (Å²) in [7, 11) is -3.79. The summed E-state index contributed by atoms with van der Waals surface area (Å²) in [5, 5.41) is 7.87. The number of primary sulfonamides is 1. The largest absolute Gasteiger partial charge is 0.381 e. The van der Waals surface area contributed by atoms with Gasteiger partial charge in [0.25, 0.3) is 0 Å². The van der Waals surface area contributed by atoms with Crippen LogP contribution in [-0.2, 0) is 16.6 Å². The van der Waals surface area contributed by atoms with Crippen molar-refractivity contribution in [1.82, 2.24) is 0 Å². The molecule has 0 fully saturated rings. The molecule has 106 valence electrons. The van der Waals surface area contributed by atoms with Crippen molar-refractivity contribution in [3.63, 3.8) is 0 Å². The van der Waals surface area contributed by atoms with Crippen LogP contribution in [0.1, 0.15) is 5.56 Å². The van der Waals surface area contributed by atoms with Gasteiger partial charge in [0.15, 0.2) is 0 Å². The maximum Gasteiger partial charge on any atom is 0.238 e. The molecule has 7 heteroatoms. The number of halogens is 2. The van der Waals surface area contributed by atoms with E-state index in [9.17, 15) is 17.2 Å². The van der Waals surface area contributed by atoms with Crippen LogP contribution < -0.4 is 10.5 Å². The molecule has 0 aliphatic carbocycles. The zero-order valence-electron chi connectivity index (χ0n) is 10.3. The second-order valence-corrected chi connectivity index (χ2v) is 5.72. The summed E-state index contributed by atoms with van der Waals surface area (Å²) >= 11 is 0. The minimum Gasteiger partial charge on any atom is -0.381 e. The van der Waals surface area contributed by atoms with E-state index in [1.54, 1.807) is 6.07 Å². The van der Waals surface area contributed by atoms with Crippen molar-refractivity contribution >= 4 is 15.7 Å². The van der Waals surface area contributed by atoms with Gasteiger partial charge >= 0.3 is 0 Å². The van der Waals surface area contributed by atoms with Crippen LogP contribution in [0.5, 0.6) is 0 Å². The van der Waals surface area contributed by atoms with Gasteiger partial charge in [-0.3, -0.25) is 0 Å². The number of nitrogens with one attached hydrogen (secondary N) is 1. The molecule has 0 saturated heterocycles. The number of hydrogen-bond acceptors (Lipinski definition) is 3. The Morgan fingerprint density at radius 3 is 2.50 bits per heavy atom. The maximum absolute atomic E-state index is 13.4. The van der Waals surface area contributed by atoms with Crippen molar-refractivity contribution in [1.29, 1.82) is 0 Å². The van der Waals surface area contributed by atoms with Crippen molar-refractivity contribution in [3.8, 4) is 0 Å². The van der Waals surface area contributed by atoms with E-state index >= 15 is 0 Å². The third kappa shape index (κ3) is 3.52. The lowest BCUT2D eigenvalue weighted by molar-refractivity contribution is 0.574. The number of benzene rings is 2. The van der Waals surface area contributed by atoms with Crippen LogP contribution in [0, 0.1) is 11.6 Å². The Balaban J connectivity index is 2.15. The van der Waals surface area contributed by atoms with Gasteiger partial charge in [0, 0.05) is 23.9 Å². The van der Waals surface area contributed by atoms with Gasteiger partial charge in [0.1, 0.15) is 11.6 Å². The third-order valence-electron chi connectivity index (χ3n) is 2.66. The smallest absolute Gasteiger partial charge is 0.238 e. The standard InChI is InChI=1S/C13H12F2N2O2S/c14-10-5-4-9(13(15)6-10)8-17-11-2-1-3-12(7-11)20(16,18)19/h1-7,17H,8H2,(H2,16,18,19). The summed E-state index contributed by atoms with van der Waals surface area (Å²) in [6.07, 6.45) is 0. The molecule has 3 N–H and O–H groups in total. The zero-order chi connectivity index (χ0) is 14.8. The van der Waals surface area contributed by atoms with E-state index < -0.39 is 21.7 Å². The predicted octanol–water partition coefficient (Wildman–Crippen LogP) is 2.22. The van der Waals surface area contributed by atoms with Gasteiger partial charge in [-0.1, -0.05) is 12.1 Å². The van der Waals surface area contributed by atoms with Crippen molar-refractivity contribution < 1.29 is 17.2 Å². The Morgan fingerprint density at radius 1 is 1.10 bits per heavy atom. The number of anilines is 1. The van der Waals surface area contributed by atoms with Crippen LogP contribution >= 0.6 is 0 Å². The Labute approximate surface area is 115 Å². The molecule has 0 aliphatic rings. The normalized spacial score (nSPS) is 11.3. The molecule has 20 heavy (non-hydrogen) atoms. The molecule has 0 spiro atoms. The van der Waals surface area contributed by atoms with E-state index in [0.717, 1.165) is 12.1 Å². The lowest BCUT2D eigenvalue weighted by Crippen LogP contribution is -2.12. The molecule has 2 aromatic carbocycles. The summed E-state index contributed by atoms with van der Waals surface area (Å²) < 4.78 is 48.6. The van der Waals surface area contributed by atoms with Crippen LogP contribution in [0.2, 0.25) is 0 Å². The molecular formula is C13H12F2N2O2S. The van der Waals surface area contributed by atoms with Gasteiger partial charge in [-0.25, -0.2) is 22.3 Å². The first-order chi connectivity index (χ1) is 9.36. The Hall–Kier alpha value is -1.99. The summed E-state index contributed by atoms with van der Waals surface area (Å²) in [4.78, 5) is -0.0397. The molecule has 2 rings (SSSR count). The van der Waals surface area contributed by atoms with Gasteiger partial charge < -0.3 is 5.32 Å². The highest BCUT2D eigenvalue weighted by Crippen LogP contribution is 2.16. The summed E-state index contributed by atoms with van der Waals surface area (Å²) in [5.41, 5.74) is 0.743. The van der Waals surface area contributed by atoms with E-state index in [0.29, 0.717) is 5.69 Å². The van der Waals surface area contributed by atoms with Crippen LogP contribution in [0.25, 0.3) is 0 Å². The van der Waals surface area contributed by atoms with Crippen LogP contribution in [0.3, 0.4) is 0 Å². The molecule has 0 aromatic heterocycles. The van der Waals surface area contributed by atoms with E-state index in [2.05, 4.69) is 5.32 Å². The molecule has 4 nitrogen and oxygen atoms in total. The van der Waals surface area contributed by atoms with E-state index in [1.165, 1.54) is 24.3 Å². The minimum atomic E-state index is -3.79. The monoisotopic (exact) mass is 298 g/mol. The molecule has 2 aromatic rings. The second kappa shape index (κ2) is 5.56. The van der Waals surface area contributed by atoms with Gasteiger partial charge in [-0.2, -0.15) is 0 Å². The average molecular weight is 298 g/mol. The van der Waals surface area contributed by atoms with Crippen molar-refractivity contribution in [3.05, 3.63) is 59.7 Å². The maximum atomic E-state index is 13.4. The molecule has 0 unspecified atom stereocenters. The fraction of sp³-hybridized carbons (Fsp3) is 0.0769. The SMILES string of the molecule is NS(=O)(=O)c1cccc(NCc2ccc(F)cc2F)c1. The topological polar surface area (TPSA) is 72.2 Å². The number of rotatable bonds is 4. The third-order valence-corrected chi connectivity index (χ3v) is 3.57. The molecular weight excluding hydrogens is 286 g/mol. The van der Waals surface area contributed by atoms with Gasteiger partial charge in [-0.15, -0.1) is 0 Å². The number of hydrogen-bond donors (Lipinski definition) is 2.